The van der Waals surface area contributed by atoms with E-state index in [1.807, 2.05) is 42.6 Å². The number of likely N-dealkylation sites (tertiary alicyclic amines) is 1. The first kappa shape index (κ1) is 32.1. The maximum atomic E-state index is 13.9. The van der Waals surface area contributed by atoms with Gasteiger partial charge in [0, 0.05) is 60.7 Å². The highest BCUT2D eigenvalue weighted by molar-refractivity contribution is 7.14. The number of amides is 3. The number of nitrogens with zero attached hydrogens (tertiary/aromatic N) is 3. The van der Waals surface area contributed by atoms with Crippen LogP contribution in [0.3, 0.4) is 0 Å². The fraction of sp³-hybridized carbons (Fsp3) is 0.343. The van der Waals surface area contributed by atoms with E-state index in [1.54, 1.807) is 24.3 Å². The Kier molecular flexibility index (Phi) is 8.98. The molecule has 2 aromatic carbocycles. The first-order valence-electron chi connectivity index (χ1n) is 15.7. The SMILES string of the molecule is CC(=O)Nc1nc(-c2c(C3CCCC3)c3ccc(C(=O)N[C@@]4(C(=O)Nc5ccc(/C=C/C(=O)O)cc5)CCN(C)C4)cc3n2C)cs1. The van der Waals surface area contributed by atoms with Crippen LogP contribution in [-0.4, -0.2) is 68.9 Å². The van der Waals surface area contributed by atoms with Crippen molar-refractivity contribution in [3.63, 3.8) is 0 Å². The summed E-state index contributed by atoms with van der Waals surface area (Å²) in [7, 11) is 3.90. The molecule has 4 N–H and O–H groups in total. The molecule has 0 unspecified atom stereocenters. The zero-order valence-corrected chi connectivity index (χ0v) is 27.4. The average Bonchev–Trinajstić information content (AvgIpc) is 3.84. The van der Waals surface area contributed by atoms with Crippen molar-refractivity contribution in [3.05, 3.63) is 70.6 Å². The second-order valence-electron chi connectivity index (χ2n) is 12.5. The zero-order chi connectivity index (χ0) is 33.3. The highest BCUT2D eigenvalue weighted by atomic mass is 32.1. The molecular formula is C35H38N6O5S. The predicted octanol–water partition coefficient (Wildman–Crippen LogP) is 5.46. The third-order valence-electron chi connectivity index (χ3n) is 9.13. The van der Waals surface area contributed by atoms with Crippen molar-refractivity contribution in [2.75, 3.05) is 30.8 Å². The summed E-state index contributed by atoms with van der Waals surface area (Å²) in [6.45, 7) is 2.46. The van der Waals surface area contributed by atoms with Crippen molar-refractivity contribution in [1.29, 1.82) is 0 Å². The fourth-order valence-electron chi connectivity index (χ4n) is 6.86. The molecule has 3 heterocycles. The topological polar surface area (TPSA) is 146 Å². The van der Waals surface area contributed by atoms with Crippen LogP contribution in [0, 0.1) is 0 Å². The first-order valence-corrected chi connectivity index (χ1v) is 16.6. The number of likely N-dealkylation sites (N-methyl/N-ethyl adjacent to an activating group) is 1. The van der Waals surface area contributed by atoms with Gasteiger partial charge in [0.15, 0.2) is 5.13 Å². The lowest BCUT2D eigenvalue weighted by Crippen LogP contribution is -2.58. The van der Waals surface area contributed by atoms with Gasteiger partial charge in [-0.3, -0.25) is 14.4 Å². The molecule has 1 atom stereocenters. The molecule has 1 aliphatic carbocycles. The molecule has 4 aromatic rings. The Morgan fingerprint density at radius 2 is 1.79 bits per heavy atom. The number of fused-ring (bicyclic) bond motifs is 1. The fourth-order valence-corrected chi connectivity index (χ4v) is 7.61. The van der Waals surface area contributed by atoms with E-state index in [2.05, 4.69) is 20.5 Å². The lowest BCUT2D eigenvalue weighted by Gasteiger charge is -2.29. The number of hydrogen-bond donors (Lipinski definition) is 4. The molecule has 0 bridgehead atoms. The van der Waals surface area contributed by atoms with Gasteiger partial charge in [0.05, 0.1) is 5.69 Å². The number of carboxylic acid groups (broad SMARTS) is 1. The molecule has 1 saturated carbocycles. The number of rotatable bonds is 9. The van der Waals surface area contributed by atoms with Crippen LogP contribution in [0.25, 0.3) is 28.4 Å². The number of aryl methyl sites for hydroxylation is 1. The number of carboxylic acids is 1. The molecule has 0 spiro atoms. The van der Waals surface area contributed by atoms with Crippen LogP contribution in [0.1, 0.15) is 66.4 Å². The molecule has 244 valence electrons. The van der Waals surface area contributed by atoms with E-state index in [9.17, 15) is 19.2 Å². The summed E-state index contributed by atoms with van der Waals surface area (Å²) in [6.07, 6.45) is 7.49. The summed E-state index contributed by atoms with van der Waals surface area (Å²) in [5.41, 5.74) is 4.47. The maximum absolute atomic E-state index is 13.9. The van der Waals surface area contributed by atoms with Crippen LogP contribution in [0.2, 0.25) is 0 Å². The van der Waals surface area contributed by atoms with Crippen molar-refractivity contribution < 1.29 is 24.3 Å². The number of aliphatic carboxylic acids is 1. The number of carbonyl (C=O) groups excluding carboxylic acids is 3. The van der Waals surface area contributed by atoms with Crippen LogP contribution in [0.4, 0.5) is 10.8 Å². The number of aromatic nitrogens is 2. The lowest BCUT2D eigenvalue weighted by atomic mass is 9.93. The Morgan fingerprint density at radius 3 is 2.45 bits per heavy atom. The van der Waals surface area contributed by atoms with Crippen LogP contribution in [-0.2, 0) is 21.4 Å². The summed E-state index contributed by atoms with van der Waals surface area (Å²) in [5, 5.41) is 21.3. The van der Waals surface area contributed by atoms with Gasteiger partial charge in [-0.2, -0.15) is 0 Å². The van der Waals surface area contributed by atoms with E-state index < -0.39 is 11.5 Å². The van der Waals surface area contributed by atoms with E-state index in [1.165, 1.54) is 42.7 Å². The minimum Gasteiger partial charge on any atom is -0.478 e. The van der Waals surface area contributed by atoms with Gasteiger partial charge in [0.25, 0.3) is 11.8 Å². The first-order chi connectivity index (χ1) is 22.5. The number of benzene rings is 2. The lowest BCUT2D eigenvalue weighted by molar-refractivity contribution is -0.131. The second-order valence-corrected chi connectivity index (χ2v) is 13.4. The van der Waals surface area contributed by atoms with Crippen molar-refractivity contribution in [2.45, 2.75) is 50.5 Å². The van der Waals surface area contributed by atoms with Crippen molar-refractivity contribution in [2.24, 2.45) is 7.05 Å². The quantitative estimate of drug-likeness (QED) is 0.176. The minimum atomic E-state index is -1.14. The van der Waals surface area contributed by atoms with Crippen molar-refractivity contribution in [1.82, 2.24) is 19.8 Å². The van der Waals surface area contributed by atoms with E-state index in [-0.39, 0.29) is 17.7 Å². The summed E-state index contributed by atoms with van der Waals surface area (Å²) in [5.74, 6) is -1.48. The van der Waals surface area contributed by atoms with Crippen molar-refractivity contribution in [3.8, 4) is 11.4 Å². The Balaban J connectivity index is 1.29. The Labute approximate surface area is 276 Å². The van der Waals surface area contributed by atoms with Gasteiger partial charge in [-0.25, -0.2) is 9.78 Å². The van der Waals surface area contributed by atoms with E-state index in [4.69, 9.17) is 10.1 Å². The normalized spacial score (nSPS) is 18.6. The monoisotopic (exact) mass is 654 g/mol. The van der Waals surface area contributed by atoms with Gasteiger partial charge in [0.2, 0.25) is 5.91 Å². The molecule has 3 amide bonds. The average molecular weight is 655 g/mol. The van der Waals surface area contributed by atoms with Gasteiger partial charge >= 0.3 is 5.97 Å². The van der Waals surface area contributed by atoms with Crippen LogP contribution >= 0.6 is 11.3 Å². The number of nitrogens with one attached hydrogen (secondary N) is 3. The van der Waals surface area contributed by atoms with Gasteiger partial charge in [0.1, 0.15) is 11.2 Å². The molecule has 2 fully saturated rings. The standard InChI is InChI=1S/C35H38N6O5S/c1-21(42)36-34-38-27(19-47-34)31-30(23-6-4-5-7-23)26-14-11-24(18-28(26)41(31)3)32(45)39-35(16-17-40(2)20-35)33(46)37-25-12-8-22(9-13-25)10-15-29(43)44/h8-15,18-19,23H,4-7,16-17,20H2,1-3H3,(H,37,46)(H,39,45)(H,43,44)(H,36,38,42)/b15-10+/t35-/m0/s1. The molecule has 47 heavy (non-hydrogen) atoms. The molecule has 2 aliphatic rings. The molecule has 12 heteroatoms. The van der Waals surface area contributed by atoms with Crippen LogP contribution in [0.15, 0.2) is 53.9 Å². The van der Waals surface area contributed by atoms with Gasteiger partial charge in [-0.15, -0.1) is 11.3 Å². The van der Waals surface area contributed by atoms with Gasteiger partial charge in [-0.05, 0) is 73.7 Å². The van der Waals surface area contributed by atoms with Crippen LogP contribution in [0.5, 0.6) is 0 Å². The maximum Gasteiger partial charge on any atom is 0.328 e. The third kappa shape index (κ3) is 6.70. The molecule has 0 radical (unpaired) electrons. The Bertz CT molecular complexity index is 1890. The second kappa shape index (κ2) is 13.1. The molecule has 1 aliphatic heterocycles. The molecule has 1 saturated heterocycles. The molecule has 11 nitrogen and oxygen atoms in total. The van der Waals surface area contributed by atoms with E-state index in [0.29, 0.717) is 47.4 Å². The van der Waals surface area contributed by atoms with E-state index >= 15 is 0 Å². The van der Waals surface area contributed by atoms with E-state index in [0.717, 1.165) is 41.2 Å². The van der Waals surface area contributed by atoms with Crippen molar-refractivity contribution >= 4 is 62.8 Å². The number of hydrogen-bond acceptors (Lipinski definition) is 7. The predicted molar refractivity (Wildman–Crippen MR) is 184 cm³/mol. The molecular weight excluding hydrogens is 616 g/mol. The summed E-state index contributed by atoms with van der Waals surface area (Å²) >= 11 is 1.39. The molecule has 2 aromatic heterocycles. The summed E-state index contributed by atoms with van der Waals surface area (Å²) in [4.78, 5) is 56.9. The zero-order valence-electron chi connectivity index (χ0n) is 26.6. The number of thiazole rings is 1. The highest BCUT2D eigenvalue weighted by Crippen LogP contribution is 2.45. The van der Waals surface area contributed by atoms with Gasteiger partial charge < -0.3 is 30.5 Å². The van der Waals surface area contributed by atoms with Gasteiger partial charge in [-0.1, -0.05) is 31.0 Å². The third-order valence-corrected chi connectivity index (χ3v) is 9.89. The highest BCUT2D eigenvalue weighted by Gasteiger charge is 2.45. The number of anilines is 2. The smallest absolute Gasteiger partial charge is 0.328 e. The largest absolute Gasteiger partial charge is 0.478 e. The minimum absolute atomic E-state index is 0.169. The summed E-state index contributed by atoms with van der Waals surface area (Å²) in [6, 6.07) is 12.6. The Morgan fingerprint density at radius 1 is 1.04 bits per heavy atom. The Hall–Kier alpha value is -4.81. The number of carbonyl (C=O) groups is 4. The summed E-state index contributed by atoms with van der Waals surface area (Å²) < 4.78 is 2.09. The molecule has 6 rings (SSSR count). The van der Waals surface area contributed by atoms with Crippen LogP contribution < -0.4 is 16.0 Å².